The van der Waals surface area contributed by atoms with Gasteiger partial charge in [-0.25, -0.2) is 22.5 Å². The predicted octanol–water partition coefficient (Wildman–Crippen LogP) is 0.576. The van der Waals surface area contributed by atoms with Crippen LogP contribution in [0.25, 0.3) is 0 Å². The Kier molecular flexibility index (Phi) is 4.18. The Bertz CT molecular complexity index is 774. The maximum absolute atomic E-state index is 13.9. The smallest absolute Gasteiger partial charge is 0.417 e. The number of carbonyl (C=O) groups excluding carboxylic acids is 2. The number of hydrogen-bond acceptors (Lipinski definition) is 6. The molecule has 0 atom stereocenters. The third-order valence-corrected chi connectivity index (χ3v) is 5.65. The Morgan fingerprint density at radius 3 is 2.58 bits per heavy atom. The van der Waals surface area contributed by atoms with Gasteiger partial charge in [-0.3, -0.25) is 4.79 Å². The third-order valence-electron chi connectivity index (χ3n) is 3.82. The van der Waals surface area contributed by atoms with Gasteiger partial charge in [0.25, 0.3) is 5.91 Å². The van der Waals surface area contributed by atoms with Crippen LogP contribution in [-0.2, 0) is 19.6 Å². The van der Waals surface area contributed by atoms with Crippen LogP contribution in [0.3, 0.4) is 0 Å². The number of nitrogens with zero attached hydrogens (tertiary/aromatic N) is 2. The standard InChI is InChI=1S/C14H15FN2O6S/c1-2-22-12-4-3-10(5-11(12)15)24(20,21)16-6-9(7-16)17-13(18)8-23-14(17)19/h3-5,9H,2,6-8H2,1H3. The summed E-state index contributed by atoms with van der Waals surface area (Å²) in [4.78, 5) is 23.7. The van der Waals surface area contributed by atoms with Crippen LogP contribution < -0.4 is 4.74 Å². The fourth-order valence-electron chi connectivity index (χ4n) is 2.56. The first-order chi connectivity index (χ1) is 11.3. The number of amides is 2. The number of halogens is 1. The van der Waals surface area contributed by atoms with E-state index in [2.05, 4.69) is 4.74 Å². The van der Waals surface area contributed by atoms with E-state index in [-0.39, 0.29) is 36.9 Å². The lowest BCUT2D eigenvalue weighted by Crippen LogP contribution is -2.62. The topological polar surface area (TPSA) is 93.2 Å². The van der Waals surface area contributed by atoms with E-state index in [0.29, 0.717) is 0 Å². The minimum atomic E-state index is -3.91. The number of carbonyl (C=O) groups is 2. The Morgan fingerprint density at radius 2 is 2.04 bits per heavy atom. The normalized spacial score (nSPS) is 19.3. The summed E-state index contributed by atoms with van der Waals surface area (Å²) >= 11 is 0. The number of rotatable bonds is 5. The highest BCUT2D eigenvalue weighted by molar-refractivity contribution is 7.89. The number of cyclic esters (lactones) is 1. The minimum absolute atomic E-state index is 0.0247. The molecule has 2 saturated heterocycles. The summed E-state index contributed by atoms with van der Waals surface area (Å²) in [5.41, 5.74) is 0. The zero-order chi connectivity index (χ0) is 17.5. The molecule has 0 bridgehead atoms. The van der Waals surface area contributed by atoms with E-state index in [1.54, 1.807) is 6.92 Å². The van der Waals surface area contributed by atoms with E-state index in [4.69, 9.17) is 4.74 Å². The average molecular weight is 358 g/mol. The molecule has 2 aliphatic rings. The summed E-state index contributed by atoms with van der Waals surface area (Å²) < 4.78 is 49.5. The molecule has 0 saturated carbocycles. The quantitative estimate of drug-likeness (QED) is 0.764. The van der Waals surface area contributed by atoms with Crippen LogP contribution in [0, 0.1) is 5.82 Å². The molecule has 1 aromatic carbocycles. The molecule has 2 heterocycles. The lowest BCUT2D eigenvalue weighted by Gasteiger charge is -2.40. The molecule has 3 rings (SSSR count). The maximum atomic E-state index is 13.9. The van der Waals surface area contributed by atoms with Crippen LogP contribution >= 0.6 is 0 Å². The van der Waals surface area contributed by atoms with Crippen molar-refractivity contribution in [2.45, 2.75) is 17.9 Å². The van der Waals surface area contributed by atoms with E-state index >= 15 is 0 Å². The molecule has 0 N–H and O–H groups in total. The zero-order valence-corrected chi connectivity index (χ0v) is 13.6. The maximum Gasteiger partial charge on any atom is 0.417 e. The van der Waals surface area contributed by atoms with Gasteiger partial charge in [0.2, 0.25) is 10.0 Å². The molecule has 10 heteroatoms. The molecule has 1 aromatic rings. The summed E-state index contributed by atoms with van der Waals surface area (Å²) in [5, 5.41) is 0. The molecule has 0 aliphatic carbocycles. The third kappa shape index (κ3) is 2.71. The van der Waals surface area contributed by atoms with E-state index in [1.165, 1.54) is 12.1 Å². The van der Waals surface area contributed by atoms with Gasteiger partial charge in [0.15, 0.2) is 18.2 Å². The average Bonchev–Trinajstić information content (AvgIpc) is 2.80. The lowest BCUT2D eigenvalue weighted by atomic mass is 10.1. The van der Waals surface area contributed by atoms with Gasteiger partial charge in [0, 0.05) is 13.1 Å². The summed E-state index contributed by atoms with van der Waals surface area (Å²) in [6.45, 7) is 1.54. The Labute approximate surface area is 137 Å². The van der Waals surface area contributed by atoms with Crippen LogP contribution in [-0.4, -0.2) is 62.0 Å². The van der Waals surface area contributed by atoms with E-state index in [0.717, 1.165) is 15.3 Å². The van der Waals surface area contributed by atoms with Gasteiger partial charge in [-0.1, -0.05) is 0 Å². The first-order valence-corrected chi connectivity index (χ1v) is 8.70. The Hall–Kier alpha value is -2.20. The number of hydrogen-bond donors (Lipinski definition) is 0. The zero-order valence-electron chi connectivity index (χ0n) is 12.8. The fraction of sp³-hybridized carbons (Fsp3) is 0.429. The molecule has 130 valence electrons. The number of ether oxygens (including phenoxy) is 2. The lowest BCUT2D eigenvalue weighted by molar-refractivity contribution is -0.128. The monoisotopic (exact) mass is 358 g/mol. The molecular weight excluding hydrogens is 343 g/mol. The first kappa shape index (κ1) is 16.7. The summed E-state index contributed by atoms with van der Waals surface area (Å²) in [7, 11) is -3.91. The first-order valence-electron chi connectivity index (χ1n) is 7.26. The van der Waals surface area contributed by atoms with Gasteiger partial charge in [0.1, 0.15) is 0 Å². The second-order valence-electron chi connectivity index (χ2n) is 5.32. The van der Waals surface area contributed by atoms with Gasteiger partial charge in [-0.15, -0.1) is 0 Å². The fourth-order valence-corrected chi connectivity index (χ4v) is 4.08. The van der Waals surface area contributed by atoms with Gasteiger partial charge in [-0.05, 0) is 25.1 Å². The molecule has 2 amide bonds. The van der Waals surface area contributed by atoms with Crippen LogP contribution in [0.5, 0.6) is 5.75 Å². The van der Waals surface area contributed by atoms with Crippen LogP contribution in [0.2, 0.25) is 0 Å². The van der Waals surface area contributed by atoms with Crippen molar-refractivity contribution < 1.29 is 31.9 Å². The number of benzene rings is 1. The van der Waals surface area contributed by atoms with E-state index in [9.17, 15) is 22.4 Å². The van der Waals surface area contributed by atoms with Crippen LogP contribution in [0.1, 0.15) is 6.92 Å². The predicted molar refractivity (Wildman–Crippen MR) is 78.3 cm³/mol. The summed E-state index contributed by atoms with van der Waals surface area (Å²) in [6, 6.07) is 2.84. The molecule has 2 aliphatic heterocycles. The van der Waals surface area contributed by atoms with Crippen molar-refractivity contribution in [1.82, 2.24) is 9.21 Å². The molecule has 8 nitrogen and oxygen atoms in total. The van der Waals surface area contributed by atoms with Crippen molar-refractivity contribution in [2.75, 3.05) is 26.3 Å². The van der Waals surface area contributed by atoms with Gasteiger partial charge in [0.05, 0.1) is 17.5 Å². The highest BCUT2D eigenvalue weighted by Crippen LogP contribution is 2.28. The van der Waals surface area contributed by atoms with Crippen molar-refractivity contribution in [3.8, 4) is 5.75 Å². The summed E-state index contributed by atoms with van der Waals surface area (Å²) in [6.07, 6.45) is -0.769. The number of sulfonamides is 1. The van der Waals surface area contributed by atoms with Crippen LogP contribution in [0.15, 0.2) is 23.1 Å². The molecule has 0 unspecified atom stereocenters. The Balaban J connectivity index is 1.73. The molecule has 2 fully saturated rings. The SMILES string of the molecule is CCOc1ccc(S(=O)(=O)N2CC(N3C(=O)COC3=O)C2)cc1F. The van der Waals surface area contributed by atoms with Gasteiger partial charge >= 0.3 is 6.09 Å². The largest absolute Gasteiger partial charge is 0.491 e. The molecule has 0 spiro atoms. The second-order valence-corrected chi connectivity index (χ2v) is 7.26. The highest BCUT2D eigenvalue weighted by Gasteiger charge is 2.46. The number of imide groups is 1. The van der Waals surface area contributed by atoms with Crippen molar-refractivity contribution in [2.24, 2.45) is 0 Å². The minimum Gasteiger partial charge on any atom is -0.491 e. The van der Waals surface area contributed by atoms with Crippen molar-refractivity contribution in [3.05, 3.63) is 24.0 Å². The van der Waals surface area contributed by atoms with E-state index < -0.39 is 33.9 Å². The summed E-state index contributed by atoms with van der Waals surface area (Å²) in [5.74, 6) is -1.29. The van der Waals surface area contributed by atoms with E-state index in [1.807, 2.05) is 0 Å². The second kappa shape index (κ2) is 6.02. The van der Waals surface area contributed by atoms with Gasteiger partial charge in [-0.2, -0.15) is 4.31 Å². The molecule has 0 aromatic heterocycles. The highest BCUT2D eigenvalue weighted by atomic mass is 32.2. The Morgan fingerprint density at radius 1 is 1.33 bits per heavy atom. The molecule has 24 heavy (non-hydrogen) atoms. The van der Waals surface area contributed by atoms with Crippen LogP contribution in [0.4, 0.5) is 9.18 Å². The van der Waals surface area contributed by atoms with Gasteiger partial charge < -0.3 is 9.47 Å². The van der Waals surface area contributed by atoms with Crippen molar-refractivity contribution >= 4 is 22.0 Å². The van der Waals surface area contributed by atoms with Crippen molar-refractivity contribution in [3.63, 3.8) is 0 Å². The van der Waals surface area contributed by atoms with Crippen molar-refractivity contribution in [1.29, 1.82) is 0 Å². The molecular formula is C14H15FN2O6S. The molecule has 0 radical (unpaired) electrons.